The Labute approximate surface area is 132 Å². The van der Waals surface area contributed by atoms with Gasteiger partial charge in [-0.15, -0.1) is 0 Å². The molecular formula is C17H25N3O2. The third-order valence-corrected chi connectivity index (χ3v) is 4.02. The van der Waals surface area contributed by atoms with Gasteiger partial charge in [-0.3, -0.25) is 4.90 Å². The molecule has 0 saturated carbocycles. The van der Waals surface area contributed by atoms with Crippen molar-refractivity contribution in [1.82, 2.24) is 5.32 Å². The van der Waals surface area contributed by atoms with E-state index in [0.717, 1.165) is 37.3 Å². The summed E-state index contributed by atoms with van der Waals surface area (Å²) in [6.07, 6.45) is 1.78. The lowest BCUT2D eigenvalue weighted by molar-refractivity contribution is 0.0584. The molecule has 2 aliphatic rings. The number of carbonyl (C=O) groups is 1. The average Bonchev–Trinajstić information content (AvgIpc) is 3.05. The molecule has 1 aromatic rings. The number of hydrogen-bond acceptors (Lipinski definition) is 4. The van der Waals surface area contributed by atoms with Gasteiger partial charge in [0.25, 0.3) is 0 Å². The maximum Gasteiger partial charge on any atom is 0.414 e. The lowest BCUT2D eigenvalue weighted by Gasteiger charge is -2.25. The largest absolute Gasteiger partial charge is 0.443 e. The Balaban J connectivity index is 1.70. The van der Waals surface area contributed by atoms with E-state index >= 15 is 0 Å². The van der Waals surface area contributed by atoms with E-state index in [1.807, 2.05) is 26.8 Å². The van der Waals surface area contributed by atoms with Crippen molar-refractivity contribution in [3.8, 4) is 0 Å². The predicted octanol–water partition coefficient (Wildman–Crippen LogP) is 2.76. The number of ether oxygens (including phenoxy) is 1. The number of hydrogen-bond donors (Lipinski definition) is 2. The van der Waals surface area contributed by atoms with Crippen LogP contribution in [-0.2, 0) is 11.2 Å². The molecule has 1 unspecified atom stereocenters. The third-order valence-electron chi connectivity index (χ3n) is 4.02. The molecule has 1 atom stereocenters. The van der Waals surface area contributed by atoms with Crippen molar-refractivity contribution < 1.29 is 9.53 Å². The maximum atomic E-state index is 12.3. The van der Waals surface area contributed by atoms with Crippen LogP contribution >= 0.6 is 0 Å². The second-order valence-electron chi connectivity index (χ2n) is 7.06. The van der Waals surface area contributed by atoms with E-state index in [4.69, 9.17) is 4.74 Å². The normalized spacial score (nSPS) is 20.9. The molecule has 0 spiro atoms. The highest BCUT2D eigenvalue weighted by molar-refractivity contribution is 5.91. The monoisotopic (exact) mass is 303 g/mol. The Morgan fingerprint density at radius 2 is 2.23 bits per heavy atom. The Morgan fingerprint density at radius 3 is 2.91 bits per heavy atom. The van der Waals surface area contributed by atoms with Crippen LogP contribution in [0.3, 0.4) is 0 Å². The van der Waals surface area contributed by atoms with Crippen molar-refractivity contribution in [2.75, 3.05) is 29.9 Å². The fourth-order valence-electron chi connectivity index (χ4n) is 3.01. The molecule has 2 N–H and O–H groups in total. The number of fused-ring (bicyclic) bond motifs is 1. The summed E-state index contributed by atoms with van der Waals surface area (Å²) < 4.78 is 5.48. The fraction of sp³-hybridized carbons (Fsp3) is 0.588. The molecule has 2 heterocycles. The van der Waals surface area contributed by atoms with E-state index in [-0.39, 0.29) is 6.09 Å². The minimum Gasteiger partial charge on any atom is -0.443 e. The van der Waals surface area contributed by atoms with E-state index in [1.165, 1.54) is 5.56 Å². The highest BCUT2D eigenvalue weighted by atomic mass is 16.6. The van der Waals surface area contributed by atoms with Gasteiger partial charge in [-0.2, -0.15) is 0 Å². The van der Waals surface area contributed by atoms with E-state index < -0.39 is 5.60 Å². The number of nitrogens with one attached hydrogen (secondary N) is 2. The quantitative estimate of drug-likeness (QED) is 0.882. The fourth-order valence-corrected chi connectivity index (χ4v) is 3.01. The molecule has 22 heavy (non-hydrogen) atoms. The summed E-state index contributed by atoms with van der Waals surface area (Å²) in [4.78, 5) is 14.0. The van der Waals surface area contributed by atoms with Crippen LogP contribution in [-0.4, -0.2) is 37.4 Å². The number of nitrogens with zero attached hydrogens (tertiary/aromatic N) is 1. The SMILES string of the molecule is CC(C)(C)OC(=O)N1CCc2cc(NC3CCNC3)ccc21. The van der Waals surface area contributed by atoms with Crippen molar-refractivity contribution in [2.45, 2.75) is 45.3 Å². The molecular weight excluding hydrogens is 278 g/mol. The summed E-state index contributed by atoms with van der Waals surface area (Å²) in [6.45, 7) is 8.47. The Bertz CT molecular complexity index is 560. The lowest BCUT2D eigenvalue weighted by atomic mass is 10.1. The molecule has 1 fully saturated rings. The number of carbonyl (C=O) groups excluding carboxylic acids is 1. The van der Waals surface area contributed by atoms with E-state index in [2.05, 4.69) is 22.8 Å². The summed E-state index contributed by atoms with van der Waals surface area (Å²) in [5.74, 6) is 0. The Hall–Kier alpha value is -1.75. The van der Waals surface area contributed by atoms with Gasteiger partial charge in [0.2, 0.25) is 0 Å². The van der Waals surface area contributed by atoms with Gasteiger partial charge in [0.15, 0.2) is 0 Å². The minimum atomic E-state index is -0.462. The zero-order valence-electron chi connectivity index (χ0n) is 13.6. The summed E-state index contributed by atoms with van der Waals surface area (Å²) in [5.41, 5.74) is 2.86. The smallest absolute Gasteiger partial charge is 0.414 e. The van der Waals surface area contributed by atoms with Crippen LogP contribution in [0.15, 0.2) is 18.2 Å². The van der Waals surface area contributed by atoms with Crippen LogP contribution in [0.2, 0.25) is 0 Å². The van der Waals surface area contributed by atoms with Crippen LogP contribution in [0.4, 0.5) is 16.2 Å². The number of benzene rings is 1. The second-order valence-corrected chi connectivity index (χ2v) is 7.06. The second kappa shape index (κ2) is 5.80. The topological polar surface area (TPSA) is 53.6 Å². The molecule has 5 nitrogen and oxygen atoms in total. The van der Waals surface area contributed by atoms with Gasteiger partial charge < -0.3 is 15.4 Å². The molecule has 2 aliphatic heterocycles. The highest BCUT2D eigenvalue weighted by Gasteiger charge is 2.29. The van der Waals surface area contributed by atoms with Gasteiger partial charge in [-0.05, 0) is 63.9 Å². The first kappa shape index (κ1) is 15.2. The maximum absolute atomic E-state index is 12.3. The van der Waals surface area contributed by atoms with Crippen molar-refractivity contribution in [3.63, 3.8) is 0 Å². The highest BCUT2D eigenvalue weighted by Crippen LogP contribution is 2.32. The number of anilines is 2. The third kappa shape index (κ3) is 3.35. The molecule has 0 aromatic heterocycles. The molecule has 0 aliphatic carbocycles. The molecule has 5 heteroatoms. The van der Waals surface area contributed by atoms with Crippen LogP contribution in [0, 0.1) is 0 Å². The molecule has 0 bridgehead atoms. The first-order valence-corrected chi connectivity index (χ1v) is 8.03. The molecule has 0 radical (unpaired) electrons. The zero-order valence-corrected chi connectivity index (χ0v) is 13.6. The lowest BCUT2D eigenvalue weighted by Crippen LogP contribution is -2.35. The first-order valence-electron chi connectivity index (χ1n) is 8.03. The van der Waals surface area contributed by atoms with Gasteiger partial charge >= 0.3 is 6.09 Å². The van der Waals surface area contributed by atoms with Gasteiger partial charge in [-0.25, -0.2) is 4.79 Å². The molecule has 1 saturated heterocycles. The predicted molar refractivity (Wildman–Crippen MR) is 88.6 cm³/mol. The zero-order chi connectivity index (χ0) is 15.7. The summed E-state index contributed by atoms with van der Waals surface area (Å²) >= 11 is 0. The van der Waals surface area contributed by atoms with Crippen molar-refractivity contribution in [3.05, 3.63) is 23.8 Å². The summed E-state index contributed by atoms with van der Waals surface area (Å²) in [7, 11) is 0. The summed E-state index contributed by atoms with van der Waals surface area (Å²) in [5, 5.41) is 6.91. The molecule has 3 rings (SSSR count). The van der Waals surface area contributed by atoms with Crippen molar-refractivity contribution >= 4 is 17.5 Å². The summed E-state index contributed by atoms with van der Waals surface area (Å²) in [6, 6.07) is 6.75. The van der Waals surface area contributed by atoms with E-state index in [0.29, 0.717) is 12.6 Å². The first-order chi connectivity index (χ1) is 10.4. The van der Waals surface area contributed by atoms with Crippen LogP contribution in [0.1, 0.15) is 32.8 Å². The van der Waals surface area contributed by atoms with Gasteiger partial charge in [-0.1, -0.05) is 0 Å². The average molecular weight is 303 g/mol. The Morgan fingerprint density at radius 1 is 1.41 bits per heavy atom. The van der Waals surface area contributed by atoms with Crippen LogP contribution < -0.4 is 15.5 Å². The van der Waals surface area contributed by atoms with Crippen LogP contribution in [0.5, 0.6) is 0 Å². The Kier molecular flexibility index (Phi) is 4.00. The van der Waals surface area contributed by atoms with Crippen LogP contribution in [0.25, 0.3) is 0 Å². The molecule has 1 amide bonds. The standard InChI is InChI=1S/C17H25N3O2/c1-17(2,3)22-16(21)20-9-7-12-10-13(4-5-15(12)20)19-14-6-8-18-11-14/h4-5,10,14,18-19H,6-9,11H2,1-3H3. The molecule has 120 valence electrons. The number of amides is 1. The van der Waals surface area contributed by atoms with E-state index in [1.54, 1.807) is 4.90 Å². The van der Waals surface area contributed by atoms with Gasteiger partial charge in [0, 0.05) is 24.8 Å². The van der Waals surface area contributed by atoms with E-state index in [9.17, 15) is 4.79 Å². The minimum absolute atomic E-state index is 0.257. The van der Waals surface area contributed by atoms with Crippen molar-refractivity contribution in [1.29, 1.82) is 0 Å². The van der Waals surface area contributed by atoms with Crippen molar-refractivity contribution in [2.24, 2.45) is 0 Å². The van der Waals surface area contributed by atoms with Gasteiger partial charge in [0.05, 0.1) is 5.69 Å². The van der Waals surface area contributed by atoms with Gasteiger partial charge in [0.1, 0.15) is 5.60 Å². The number of rotatable bonds is 2. The molecule has 1 aromatic carbocycles.